The molecule has 2 aromatic heterocycles. The lowest BCUT2D eigenvalue weighted by molar-refractivity contribution is -0.118. The van der Waals surface area contributed by atoms with Crippen molar-refractivity contribution in [3.63, 3.8) is 0 Å². The van der Waals surface area contributed by atoms with E-state index in [-0.39, 0.29) is 17.7 Å². The van der Waals surface area contributed by atoms with Gasteiger partial charge in [-0.05, 0) is 42.0 Å². The monoisotopic (exact) mass is 437 g/mol. The summed E-state index contributed by atoms with van der Waals surface area (Å²) in [5.74, 6) is -0.286. The molecule has 33 heavy (non-hydrogen) atoms. The second-order valence-corrected chi connectivity index (χ2v) is 8.02. The first-order valence-corrected chi connectivity index (χ1v) is 10.5. The molecule has 1 N–H and O–H groups in total. The number of nitrogens with one attached hydrogen (secondary N) is 1. The summed E-state index contributed by atoms with van der Waals surface area (Å²) < 4.78 is 1.73. The van der Waals surface area contributed by atoms with Gasteiger partial charge in [-0.1, -0.05) is 38.1 Å². The molecule has 0 saturated heterocycles. The fourth-order valence-electron chi connectivity index (χ4n) is 3.42. The summed E-state index contributed by atoms with van der Waals surface area (Å²) in [4.78, 5) is 30.0. The molecule has 164 valence electrons. The SMILES string of the molecule is [C-]#[N+]c1ccc(N(C)C(=O)c2ccn3ncc(-c4ccc(NC(=O)C(C)C)cc4)c3c2)cc1. The number of amides is 2. The number of aromatic nitrogens is 2. The van der Waals surface area contributed by atoms with Crippen molar-refractivity contribution in [2.75, 3.05) is 17.3 Å². The summed E-state index contributed by atoms with van der Waals surface area (Å²) in [5, 5.41) is 7.29. The Bertz CT molecular complexity index is 1360. The molecule has 0 aliphatic rings. The molecule has 7 heteroatoms. The van der Waals surface area contributed by atoms with Gasteiger partial charge in [-0.3, -0.25) is 9.59 Å². The Morgan fingerprint density at radius 1 is 1.06 bits per heavy atom. The van der Waals surface area contributed by atoms with E-state index in [9.17, 15) is 9.59 Å². The number of fused-ring (bicyclic) bond motifs is 1. The minimum atomic E-state index is -0.160. The maximum absolute atomic E-state index is 13.1. The molecule has 2 aromatic carbocycles. The van der Waals surface area contributed by atoms with Crippen molar-refractivity contribution in [1.29, 1.82) is 0 Å². The fraction of sp³-hybridized carbons (Fsp3) is 0.154. The third-order valence-electron chi connectivity index (χ3n) is 5.43. The van der Waals surface area contributed by atoms with E-state index in [1.54, 1.807) is 59.2 Å². The van der Waals surface area contributed by atoms with Crippen molar-refractivity contribution in [3.05, 3.63) is 90.0 Å². The first-order chi connectivity index (χ1) is 15.9. The molecule has 0 aliphatic carbocycles. The molecule has 4 rings (SSSR count). The number of hydrogen-bond acceptors (Lipinski definition) is 3. The van der Waals surface area contributed by atoms with Gasteiger partial charge in [0.2, 0.25) is 5.91 Å². The van der Waals surface area contributed by atoms with Gasteiger partial charge >= 0.3 is 0 Å². The summed E-state index contributed by atoms with van der Waals surface area (Å²) in [7, 11) is 1.71. The van der Waals surface area contributed by atoms with Crippen LogP contribution in [0.25, 0.3) is 21.5 Å². The van der Waals surface area contributed by atoms with Crippen LogP contribution in [0, 0.1) is 12.5 Å². The average Bonchev–Trinajstić information content (AvgIpc) is 3.27. The van der Waals surface area contributed by atoms with E-state index in [1.807, 2.05) is 44.2 Å². The van der Waals surface area contributed by atoms with E-state index >= 15 is 0 Å². The second-order valence-electron chi connectivity index (χ2n) is 8.02. The molecule has 0 unspecified atom stereocenters. The number of carbonyl (C=O) groups is 2. The van der Waals surface area contributed by atoms with Gasteiger partial charge in [0.05, 0.1) is 18.3 Å². The Morgan fingerprint density at radius 3 is 2.39 bits per heavy atom. The molecular formula is C26H23N5O2. The molecule has 0 saturated carbocycles. The predicted octanol–water partition coefficient (Wildman–Crippen LogP) is 5.42. The van der Waals surface area contributed by atoms with Gasteiger partial charge in [0.25, 0.3) is 5.91 Å². The lowest BCUT2D eigenvalue weighted by Gasteiger charge is -2.17. The zero-order valence-corrected chi connectivity index (χ0v) is 18.6. The van der Waals surface area contributed by atoms with Crippen LogP contribution in [0.15, 0.2) is 73.1 Å². The van der Waals surface area contributed by atoms with Gasteiger partial charge < -0.3 is 10.2 Å². The Labute approximate surface area is 192 Å². The van der Waals surface area contributed by atoms with E-state index < -0.39 is 0 Å². The van der Waals surface area contributed by atoms with Gasteiger partial charge in [-0.2, -0.15) is 5.10 Å². The van der Waals surface area contributed by atoms with Crippen molar-refractivity contribution < 1.29 is 9.59 Å². The van der Waals surface area contributed by atoms with Gasteiger partial charge in [0.15, 0.2) is 5.69 Å². The lowest BCUT2D eigenvalue weighted by atomic mass is 10.1. The van der Waals surface area contributed by atoms with E-state index in [1.165, 1.54) is 0 Å². The molecule has 2 amide bonds. The summed E-state index contributed by atoms with van der Waals surface area (Å²) in [6, 6.07) is 18.0. The van der Waals surface area contributed by atoms with Crippen LogP contribution < -0.4 is 10.2 Å². The predicted molar refractivity (Wildman–Crippen MR) is 130 cm³/mol. The number of hydrogen-bond donors (Lipinski definition) is 1. The second kappa shape index (κ2) is 8.97. The van der Waals surface area contributed by atoms with Crippen LogP contribution in [-0.4, -0.2) is 28.5 Å². The normalized spacial score (nSPS) is 10.8. The highest BCUT2D eigenvalue weighted by Crippen LogP contribution is 2.27. The van der Waals surface area contributed by atoms with Crippen LogP contribution >= 0.6 is 0 Å². The molecule has 2 heterocycles. The quantitative estimate of drug-likeness (QED) is 0.424. The number of anilines is 2. The number of pyridine rings is 1. The third-order valence-corrected chi connectivity index (χ3v) is 5.43. The van der Waals surface area contributed by atoms with Gasteiger partial charge in [0.1, 0.15) is 0 Å². The maximum atomic E-state index is 13.1. The van der Waals surface area contributed by atoms with Crippen LogP contribution in [0.1, 0.15) is 24.2 Å². The van der Waals surface area contributed by atoms with E-state index in [0.717, 1.165) is 22.3 Å². The highest BCUT2D eigenvalue weighted by Gasteiger charge is 2.16. The summed E-state index contributed by atoms with van der Waals surface area (Å²) >= 11 is 0. The van der Waals surface area contributed by atoms with Crippen molar-refractivity contribution in [1.82, 2.24) is 9.61 Å². The minimum absolute atomic E-state index is 0.0327. The van der Waals surface area contributed by atoms with Crippen LogP contribution in [0.3, 0.4) is 0 Å². The van der Waals surface area contributed by atoms with Crippen molar-refractivity contribution >= 4 is 34.4 Å². The number of nitrogens with zero attached hydrogens (tertiary/aromatic N) is 4. The number of rotatable bonds is 5. The van der Waals surface area contributed by atoms with Gasteiger partial charge in [0, 0.05) is 41.7 Å². The Kier molecular flexibility index (Phi) is 5.92. The fourth-order valence-corrected chi connectivity index (χ4v) is 3.42. The smallest absolute Gasteiger partial charge is 0.258 e. The van der Waals surface area contributed by atoms with E-state index in [2.05, 4.69) is 15.3 Å². The molecular weight excluding hydrogens is 414 g/mol. The van der Waals surface area contributed by atoms with E-state index in [0.29, 0.717) is 16.9 Å². The Morgan fingerprint density at radius 2 is 1.76 bits per heavy atom. The largest absolute Gasteiger partial charge is 0.326 e. The van der Waals surface area contributed by atoms with E-state index in [4.69, 9.17) is 6.57 Å². The Balaban J connectivity index is 1.61. The topological polar surface area (TPSA) is 71.1 Å². The van der Waals surface area contributed by atoms with Gasteiger partial charge in [-0.15, -0.1) is 0 Å². The lowest BCUT2D eigenvalue weighted by Crippen LogP contribution is -2.26. The zero-order chi connectivity index (χ0) is 23.5. The summed E-state index contributed by atoms with van der Waals surface area (Å²) in [5.41, 5.74) is 5.12. The van der Waals surface area contributed by atoms with Gasteiger partial charge in [-0.25, -0.2) is 9.36 Å². The van der Waals surface area contributed by atoms with Crippen LogP contribution in [0.5, 0.6) is 0 Å². The number of carbonyl (C=O) groups excluding carboxylic acids is 2. The van der Waals surface area contributed by atoms with Crippen molar-refractivity contribution in [2.45, 2.75) is 13.8 Å². The molecule has 7 nitrogen and oxygen atoms in total. The molecule has 0 spiro atoms. The average molecular weight is 438 g/mol. The molecule has 0 bridgehead atoms. The van der Waals surface area contributed by atoms with Crippen LogP contribution in [0.2, 0.25) is 0 Å². The number of benzene rings is 2. The zero-order valence-electron chi connectivity index (χ0n) is 18.6. The standard InChI is InChI=1S/C26H23N5O2/c1-17(2)25(32)29-21-7-5-18(6-8-21)23-16-28-31-14-13-19(15-24(23)31)26(33)30(4)22-11-9-20(27-3)10-12-22/h5-17H,1-2,4H3,(H,29,32). The third kappa shape index (κ3) is 4.46. The molecule has 0 fully saturated rings. The van der Waals surface area contributed by atoms with Crippen molar-refractivity contribution in [3.8, 4) is 11.1 Å². The summed E-state index contributed by atoms with van der Waals surface area (Å²) in [6.07, 6.45) is 3.53. The maximum Gasteiger partial charge on any atom is 0.258 e. The molecule has 0 aliphatic heterocycles. The molecule has 4 aromatic rings. The first-order valence-electron chi connectivity index (χ1n) is 10.5. The van der Waals surface area contributed by atoms with Crippen molar-refractivity contribution in [2.24, 2.45) is 5.92 Å². The highest BCUT2D eigenvalue weighted by atomic mass is 16.2. The molecule has 0 atom stereocenters. The summed E-state index contributed by atoms with van der Waals surface area (Å²) in [6.45, 7) is 10.8. The Hall–Kier alpha value is -4.44. The molecule has 0 radical (unpaired) electrons. The minimum Gasteiger partial charge on any atom is -0.326 e. The van der Waals surface area contributed by atoms with Crippen LogP contribution in [0.4, 0.5) is 17.1 Å². The highest BCUT2D eigenvalue weighted by molar-refractivity contribution is 6.06. The first kappa shape index (κ1) is 21.8. The van der Waals surface area contributed by atoms with Crippen LogP contribution in [-0.2, 0) is 4.79 Å².